The molecule has 0 aromatic carbocycles. The van der Waals surface area contributed by atoms with Gasteiger partial charge in [-0.3, -0.25) is 4.79 Å². The Hall–Kier alpha value is -2.15. The van der Waals surface area contributed by atoms with Crippen LogP contribution >= 0.6 is 0 Å². The Balaban J connectivity index is 2.17. The van der Waals surface area contributed by atoms with Crippen LogP contribution < -0.4 is 5.32 Å². The zero-order valence-electron chi connectivity index (χ0n) is 26.4. The topological polar surface area (TPSA) is 102 Å². The van der Waals surface area contributed by atoms with Crippen molar-refractivity contribution in [1.29, 1.82) is 0 Å². The fourth-order valence-corrected chi connectivity index (χ4v) is 5.35. The molecule has 0 aromatic rings. The molecule has 1 aliphatic rings. The molecule has 0 heterocycles. The monoisotopic (exact) mass is 577 g/mol. The molecule has 0 saturated carbocycles. The number of carboxylic acids is 1. The smallest absolute Gasteiger partial charge is 0.333 e. The third-order valence-electron chi connectivity index (χ3n) is 7.94. The molecule has 0 radical (unpaired) electrons. The maximum atomic E-state index is 12.5. The molecule has 2 N–H and O–H groups in total. The zero-order valence-corrected chi connectivity index (χ0v) is 26.4. The minimum atomic E-state index is -1.06. The van der Waals surface area contributed by atoms with Crippen molar-refractivity contribution in [2.75, 3.05) is 6.61 Å². The molecule has 0 spiro atoms. The van der Waals surface area contributed by atoms with E-state index in [0.717, 1.165) is 44.3 Å². The van der Waals surface area contributed by atoms with Crippen molar-refractivity contribution >= 4 is 17.8 Å². The normalized spacial score (nSPS) is 15.6. The molecule has 0 aromatic heterocycles. The number of unbranched alkanes of at least 4 members (excludes halogenated alkanes) is 15. The molecule has 0 saturated heterocycles. The molecule has 1 unspecified atom stereocenters. The molecule has 7 nitrogen and oxygen atoms in total. The fourth-order valence-electron chi connectivity index (χ4n) is 5.35. The molecule has 0 aliphatic heterocycles. The van der Waals surface area contributed by atoms with E-state index < -0.39 is 23.9 Å². The lowest BCUT2D eigenvalue weighted by atomic mass is 9.93. The lowest BCUT2D eigenvalue weighted by Gasteiger charge is -2.30. The quantitative estimate of drug-likeness (QED) is 0.0640. The van der Waals surface area contributed by atoms with Crippen LogP contribution in [0, 0.1) is 0 Å². The average Bonchev–Trinajstić information content (AvgIpc) is 2.96. The summed E-state index contributed by atoms with van der Waals surface area (Å²) < 4.78 is 11.3. The maximum Gasteiger partial charge on any atom is 0.333 e. The van der Waals surface area contributed by atoms with Crippen molar-refractivity contribution in [3.63, 3.8) is 0 Å². The molecular formula is C34H59NO6. The lowest BCUT2D eigenvalue weighted by molar-refractivity contribution is -0.138. The second-order valence-corrected chi connectivity index (χ2v) is 11.4. The van der Waals surface area contributed by atoms with Gasteiger partial charge < -0.3 is 19.9 Å². The van der Waals surface area contributed by atoms with Gasteiger partial charge in [0.1, 0.15) is 0 Å². The first-order valence-corrected chi connectivity index (χ1v) is 16.7. The van der Waals surface area contributed by atoms with Gasteiger partial charge in [-0.15, -0.1) is 0 Å². The Kier molecular flexibility index (Phi) is 22.0. The summed E-state index contributed by atoms with van der Waals surface area (Å²) in [6.45, 7) is 6.64. The Morgan fingerprint density at radius 1 is 0.805 bits per heavy atom. The molecule has 1 aliphatic carbocycles. The first-order valence-electron chi connectivity index (χ1n) is 16.7. The highest BCUT2D eigenvalue weighted by Crippen LogP contribution is 2.28. The second kappa shape index (κ2) is 24.4. The summed E-state index contributed by atoms with van der Waals surface area (Å²) >= 11 is 0. The van der Waals surface area contributed by atoms with Crippen molar-refractivity contribution in [1.82, 2.24) is 5.32 Å². The molecule has 1 amide bonds. The minimum Gasteiger partial charge on any atom is -0.478 e. The summed E-state index contributed by atoms with van der Waals surface area (Å²) in [5, 5.41) is 12.3. The van der Waals surface area contributed by atoms with Crippen LogP contribution in [0.1, 0.15) is 156 Å². The Morgan fingerprint density at radius 2 is 1.32 bits per heavy atom. The SMILES string of the molecule is CCCCCCCCCCCCCCCCCCOC(=O)/C=C/C(=O)NC1=C(C(=O)O)CCCC1OC(CC)CC. The van der Waals surface area contributed by atoms with Gasteiger partial charge in [0.2, 0.25) is 5.91 Å². The Labute approximate surface area is 249 Å². The van der Waals surface area contributed by atoms with E-state index in [1.165, 1.54) is 83.5 Å². The maximum absolute atomic E-state index is 12.5. The summed E-state index contributed by atoms with van der Waals surface area (Å²) in [5.41, 5.74) is 0.465. The van der Waals surface area contributed by atoms with E-state index in [0.29, 0.717) is 31.6 Å². The van der Waals surface area contributed by atoms with Gasteiger partial charge in [-0.2, -0.15) is 0 Å². The zero-order chi connectivity index (χ0) is 30.1. The predicted molar refractivity (Wildman–Crippen MR) is 166 cm³/mol. The number of carboxylic acid groups (broad SMARTS) is 1. The Morgan fingerprint density at radius 3 is 1.80 bits per heavy atom. The van der Waals surface area contributed by atoms with E-state index in [4.69, 9.17) is 9.47 Å². The predicted octanol–water partition coefficient (Wildman–Crippen LogP) is 8.56. The van der Waals surface area contributed by atoms with Crippen molar-refractivity contribution < 1.29 is 29.0 Å². The van der Waals surface area contributed by atoms with Crippen LogP contribution in [0.15, 0.2) is 23.4 Å². The third kappa shape index (κ3) is 18.1. The van der Waals surface area contributed by atoms with E-state index in [9.17, 15) is 19.5 Å². The molecular weight excluding hydrogens is 518 g/mol. The number of carbonyl (C=O) groups excluding carboxylic acids is 2. The van der Waals surface area contributed by atoms with Crippen LogP contribution in [0.25, 0.3) is 0 Å². The van der Waals surface area contributed by atoms with Gasteiger partial charge in [-0.1, -0.05) is 117 Å². The first-order chi connectivity index (χ1) is 19.9. The van der Waals surface area contributed by atoms with Crippen LogP contribution in [0.3, 0.4) is 0 Å². The van der Waals surface area contributed by atoms with E-state index >= 15 is 0 Å². The summed E-state index contributed by atoms with van der Waals surface area (Å²) in [6, 6.07) is 0. The van der Waals surface area contributed by atoms with Crippen molar-refractivity contribution in [3.05, 3.63) is 23.4 Å². The van der Waals surface area contributed by atoms with E-state index in [1.54, 1.807) is 0 Å². The summed E-state index contributed by atoms with van der Waals surface area (Å²) in [6.07, 6.45) is 25.6. The number of esters is 1. The highest BCUT2D eigenvalue weighted by Gasteiger charge is 2.29. The molecule has 1 rings (SSSR count). The van der Waals surface area contributed by atoms with Gasteiger partial charge >= 0.3 is 11.9 Å². The van der Waals surface area contributed by atoms with Crippen LogP contribution in [-0.4, -0.2) is 41.8 Å². The van der Waals surface area contributed by atoms with Gasteiger partial charge in [-0.25, -0.2) is 9.59 Å². The molecule has 0 bridgehead atoms. The van der Waals surface area contributed by atoms with E-state index in [-0.39, 0.29) is 11.7 Å². The second-order valence-electron chi connectivity index (χ2n) is 11.4. The van der Waals surface area contributed by atoms with Crippen molar-refractivity contribution in [2.24, 2.45) is 0 Å². The van der Waals surface area contributed by atoms with Gasteiger partial charge in [0.05, 0.1) is 30.1 Å². The minimum absolute atomic E-state index is 0.00453. The van der Waals surface area contributed by atoms with Crippen LogP contribution in [-0.2, 0) is 23.9 Å². The number of nitrogens with one attached hydrogen (secondary N) is 1. The third-order valence-corrected chi connectivity index (χ3v) is 7.94. The van der Waals surface area contributed by atoms with Gasteiger partial charge in [0, 0.05) is 12.2 Å². The number of amides is 1. The molecule has 7 heteroatoms. The number of rotatable bonds is 25. The number of ether oxygens (including phenoxy) is 2. The number of aliphatic carboxylic acids is 1. The van der Waals surface area contributed by atoms with Crippen molar-refractivity contribution in [3.8, 4) is 0 Å². The lowest BCUT2D eigenvalue weighted by Crippen LogP contribution is -2.37. The fraction of sp³-hybridized carbons (Fsp3) is 0.794. The van der Waals surface area contributed by atoms with Gasteiger partial charge in [0.25, 0.3) is 0 Å². The van der Waals surface area contributed by atoms with Crippen LogP contribution in [0.5, 0.6) is 0 Å². The highest BCUT2D eigenvalue weighted by atomic mass is 16.5. The average molecular weight is 578 g/mol. The molecule has 41 heavy (non-hydrogen) atoms. The van der Waals surface area contributed by atoms with Gasteiger partial charge in [0.15, 0.2) is 0 Å². The van der Waals surface area contributed by atoms with Crippen LogP contribution in [0.4, 0.5) is 0 Å². The number of carbonyl (C=O) groups is 3. The number of hydrogen-bond donors (Lipinski definition) is 2. The van der Waals surface area contributed by atoms with Crippen molar-refractivity contribution in [2.45, 2.75) is 168 Å². The standard InChI is InChI=1S/C34H59NO6/c1-4-7-8-9-10-11-12-13-14-15-16-17-18-19-20-21-27-40-32(37)26-25-31(36)35-33-29(34(38)39)23-22-24-30(33)41-28(5-2)6-3/h25-26,28,30H,4-24,27H2,1-3H3,(H,35,36)(H,38,39)/b26-25+. The Bertz CT molecular complexity index is 786. The summed E-state index contributed by atoms with van der Waals surface area (Å²) in [4.78, 5) is 36.3. The highest BCUT2D eigenvalue weighted by molar-refractivity contribution is 5.96. The largest absolute Gasteiger partial charge is 0.478 e. The molecule has 0 fully saturated rings. The van der Waals surface area contributed by atoms with E-state index in [2.05, 4.69) is 12.2 Å². The van der Waals surface area contributed by atoms with E-state index in [1.807, 2.05) is 13.8 Å². The molecule has 1 atom stereocenters. The first kappa shape index (κ1) is 36.9. The number of hydrogen-bond acceptors (Lipinski definition) is 5. The summed E-state index contributed by atoms with van der Waals surface area (Å²) in [7, 11) is 0. The van der Waals surface area contributed by atoms with Gasteiger partial charge in [-0.05, 0) is 38.5 Å². The molecule has 236 valence electrons. The van der Waals surface area contributed by atoms with Crippen LogP contribution in [0.2, 0.25) is 0 Å². The summed E-state index contributed by atoms with van der Waals surface area (Å²) in [5.74, 6) is -2.18.